The molecule has 10 heteroatoms. The number of fused-ring (bicyclic) bond motifs is 1. The third-order valence-corrected chi connectivity index (χ3v) is 5.51. The highest BCUT2D eigenvalue weighted by molar-refractivity contribution is 5.90. The molecule has 1 fully saturated rings. The van der Waals surface area contributed by atoms with Crippen molar-refractivity contribution in [1.29, 1.82) is 0 Å². The molecule has 32 heavy (non-hydrogen) atoms. The monoisotopic (exact) mass is 440 g/mol. The Morgan fingerprint density at radius 3 is 2.44 bits per heavy atom. The molecule has 3 heterocycles. The van der Waals surface area contributed by atoms with Gasteiger partial charge in [0, 0.05) is 18.8 Å². The Hall–Kier alpha value is -3.24. The van der Waals surface area contributed by atoms with Crippen LogP contribution in [0.4, 0.5) is 17.5 Å². The maximum Gasteiger partial charge on any atom is 0.277 e. The van der Waals surface area contributed by atoms with Gasteiger partial charge in [0.2, 0.25) is 5.95 Å². The number of rotatable bonds is 6. The molecular formula is C22H28N6O4. The van der Waals surface area contributed by atoms with Gasteiger partial charge >= 0.3 is 0 Å². The van der Waals surface area contributed by atoms with Gasteiger partial charge in [0.25, 0.3) is 5.56 Å². The molecular weight excluding hydrogens is 412 g/mol. The Kier molecular flexibility index (Phi) is 6.24. The van der Waals surface area contributed by atoms with Crippen molar-refractivity contribution in [2.45, 2.75) is 51.4 Å². The average molecular weight is 441 g/mol. The van der Waals surface area contributed by atoms with Crippen molar-refractivity contribution >= 4 is 28.4 Å². The number of aliphatic hydroxyl groups excluding tert-OH is 1. The standard InChI is InChI=1S/C22H28N6O4/c1-22(2,20(30)31)32-15-9-7-14(8-10-15)24-18-17-16(13-23-27-19(17)29)25-21(26-18)28-11-5-3-4-6-12-28/h7-10,13,20,30-31H,3-6,11-12H2,1-2H3,(H,27,29)(H,24,25,26). The molecule has 4 N–H and O–H groups in total. The highest BCUT2D eigenvalue weighted by Crippen LogP contribution is 2.27. The number of hydrogen-bond donors (Lipinski definition) is 4. The Balaban J connectivity index is 1.65. The van der Waals surface area contributed by atoms with Gasteiger partial charge in [0.05, 0.1) is 6.20 Å². The predicted molar refractivity (Wildman–Crippen MR) is 121 cm³/mol. The lowest BCUT2D eigenvalue weighted by Crippen LogP contribution is -2.41. The maximum absolute atomic E-state index is 12.5. The topological polar surface area (TPSA) is 136 Å². The Bertz CT molecular complexity index is 1120. The van der Waals surface area contributed by atoms with Crippen LogP contribution in [-0.4, -0.2) is 55.4 Å². The lowest BCUT2D eigenvalue weighted by Gasteiger charge is -2.28. The van der Waals surface area contributed by atoms with Crippen molar-refractivity contribution < 1.29 is 14.9 Å². The molecule has 2 aromatic heterocycles. The van der Waals surface area contributed by atoms with Gasteiger partial charge in [0.15, 0.2) is 11.9 Å². The molecule has 0 radical (unpaired) electrons. The maximum atomic E-state index is 12.5. The van der Waals surface area contributed by atoms with Crippen LogP contribution in [0.3, 0.4) is 0 Å². The van der Waals surface area contributed by atoms with E-state index in [4.69, 9.17) is 4.74 Å². The van der Waals surface area contributed by atoms with Crippen molar-refractivity contribution in [3.05, 3.63) is 40.8 Å². The number of nitrogens with one attached hydrogen (secondary N) is 2. The van der Waals surface area contributed by atoms with Gasteiger partial charge in [-0.1, -0.05) is 12.8 Å². The second kappa shape index (κ2) is 9.09. The number of aromatic amines is 1. The molecule has 1 aliphatic rings. The fourth-order valence-corrected chi connectivity index (χ4v) is 3.59. The number of ether oxygens (including phenoxy) is 1. The van der Waals surface area contributed by atoms with E-state index in [1.54, 1.807) is 38.1 Å². The van der Waals surface area contributed by atoms with Crippen LogP contribution in [0.25, 0.3) is 10.9 Å². The lowest BCUT2D eigenvalue weighted by atomic mass is 10.1. The Morgan fingerprint density at radius 2 is 1.78 bits per heavy atom. The summed E-state index contributed by atoms with van der Waals surface area (Å²) in [6.45, 7) is 4.92. The van der Waals surface area contributed by atoms with Crippen molar-refractivity contribution in [1.82, 2.24) is 20.2 Å². The molecule has 0 saturated carbocycles. The fourth-order valence-electron chi connectivity index (χ4n) is 3.59. The molecule has 10 nitrogen and oxygen atoms in total. The molecule has 1 aromatic carbocycles. The van der Waals surface area contributed by atoms with Crippen LogP contribution in [0.15, 0.2) is 35.3 Å². The third kappa shape index (κ3) is 4.81. The number of aliphatic hydroxyl groups is 2. The third-order valence-electron chi connectivity index (χ3n) is 5.51. The van der Waals surface area contributed by atoms with Crippen LogP contribution >= 0.6 is 0 Å². The summed E-state index contributed by atoms with van der Waals surface area (Å²) < 4.78 is 5.64. The van der Waals surface area contributed by atoms with Crippen molar-refractivity contribution in [3.8, 4) is 5.75 Å². The van der Waals surface area contributed by atoms with Crippen LogP contribution in [0.5, 0.6) is 5.75 Å². The minimum Gasteiger partial charge on any atom is -0.483 e. The zero-order valence-corrected chi connectivity index (χ0v) is 18.2. The first-order valence-corrected chi connectivity index (χ1v) is 10.8. The zero-order chi connectivity index (χ0) is 22.7. The van der Waals surface area contributed by atoms with Crippen molar-refractivity contribution in [3.63, 3.8) is 0 Å². The molecule has 0 bridgehead atoms. The van der Waals surface area contributed by atoms with E-state index in [-0.39, 0.29) is 5.56 Å². The van der Waals surface area contributed by atoms with Crippen molar-refractivity contribution in [2.75, 3.05) is 23.3 Å². The summed E-state index contributed by atoms with van der Waals surface area (Å²) in [4.78, 5) is 23.9. The van der Waals surface area contributed by atoms with Crippen LogP contribution < -0.4 is 20.5 Å². The fraction of sp³-hybridized carbons (Fsp3) is 0.455. The smallest absolute Gasteiger partial charge is 0.277 e. The molecule has 1 aliphatic heterocycles. The van der Waals surface area contributed by atoms with Gasteiger partial charge < -0.3 is 25.2 Å². The average Bonchev–Trinajstić information content (AvgIpc) is 3.04. The first-order chi connectivity index (χ1) is 15.3. The van der Waals surface area contributed by atoms with E-state index in [1.165, 1.54) is 19.0 Å². The van der Waals surface area contributed by atoms with Crippen molar-refractivity contribution in [2.24, 2.45) is 0 Å². The molecule has 3 aromatic rings. The van der Waals surface area contributed by atoms with Gasteiger partial charge in [0.1, 0.15) is 22.5 Å². The molecule has 0 unspecified atom stereocenters. The number of nitrogens with zero attached hydrogens (tertiary/aromatic N) is 4. The van der Waals surface area contributed by atoms with Gasteiger partial charge in [-0.15, -0.1) is 0 Å². The summed E-state index contributed by atoms with van der Waals surface area (Å²) in [5.74, 6) is 1.46. The van der Waals surface area contributed by atoms with E-state index in [1.807, 2.05) is 0 Å². The van der Waals surface area contributed by atoms with E-state index < -0.39 is 11.9 Å². The van der Waals surface area contributed by atoms with E-state index in [0.29, 0.717) is 34.1 Å². The molecule has 0 amide bonds. The Labute approximate surface area is 185 Å². The highest BCUT2D eigenvalue weighted by atomic mass is 16.6. The quantitative estimate of drug-likeness (QED) is 0.426. The lowest BCUT2D eigenvalue weighted by molar-refractivity contribution is -0.154. The van der Waals surface area contributed by atoms with Gasteiger partial charge in [-0.3, -0.25) is 4.79 Å². The normalized spacial score (nSPS) is 15.1. The number of H-pyrrole nitrogens is 1. The second-order valence-corrected chi connectivity index (χ2v) is 8.46. The number of benzene rings is 1. The SMILES string of the molecule is CC(C)(Oc1ccc(Nc2nc(N3CCCCCC3)nc3cn[nH]c(=O)c23)cc1)C(O)O. The predicted octanol–water partition coefficient (Wildman–Crippen LogP) is 2.31. The van der Waals surface area contributed by atoms with Crippen LogP contribution in [0.1, 0.15) is 39.5 Å². The van der Waals surface area contributed by atoms with E-state index in [0.717, 1.165) is 25.9 Å². The van der Waals surface area contributed by atoms with Crippen LogP contribution in [0, 0.1) is 0 Å². The summed E-state index contributed by atoms with van der Waals surface area (Å²) in [6.07, 6.45) is 4.45. The highest BCUT2D eigenvalue weighted by Gasteiger charge is 2.28. The first kappa shape index (κ1) is 22.0. The summed E-state index contributed by atoms with van der Waals surface area (Å²) in [6, 6.07) is 6.95. The second-order valence-electron chi connectivity index (χ2n) is 8.46. The summed E-state index contributed by atoms with van der Waals surface area (Å²) >= 11 is 0. The minimum atomic E-state index is -1.62. The van der Waals surface area contributed by atoms with Crippen LogP contribution in [0.2, 0.25) is 0 Å². The number of hydrogen-bond acceptors (Lipinski definition) is 9. The van der Waals surface area contributed by atoms with E-state index in [2.05, 4.69) is 30.4 Å². The molecule has 0 spiro atoms. The molecule has 4 rings (SSSR count). The number of anilines is 3. The Morgan fingerprint density at radius 1 is 1.09 bits per heavy atom. The van der Waals surface area contributed by atoms with Gasteiger partial charge in [-0.2, -0.15) is 10.1 Å². The summed E-state index contributed by atoms with van der Waals surface area (Å²) in [7, 11) is 0. The minimum absolute atomic E-state index is 0.337. The van der Waals surface area contributed by atoms with E-state index >= 15 is 0 Å². The zero-order valence-electron chi connectivity index (χ0n) is 18.2. The molecule has 170 valence electrons. The molecule has 0 aliphatic carbocycles. The first-order valence-electron chi connectivity index (χ1n) is 10.8. The van der Waals surface area contributed by atoms with Gasteiger partial charge in [-0.05, 0) is 51.0 Å². The summed E-state index contributed by atoms with van der Waals surface area (Å²) in [5.41, 5.74) is -0.354. The molecule has 1 saturated heterocycles. The number of aromatic nitrogens is 4. The van der Waals surface area contributed by atoms with E-state index in [9.17, 15) is 15.0 Å². The van der Waals surface area contributed by atoms with Crippen LogP contribution in [-0.2, 0) is 0 Å². The largest absolute Gasteiger partial charge is 0.483 e. The molecule has 0 atom stereocenters. The summed E-state index contributed by atoms with van der Waals surface area (Å²) in [5, 5.41) is 28.8. The van der Waals surface area contributed by atoms with Gasteiger partial charge in [-0.25, -0.2) is 10.1 Å².